The number of hydrogen-bond acceptors (Lipinski definition) is 6. The molecule has 3 N–H and O–H groups in total. The van der Waals surface area contributed by atoms with Gasteiger partial charge in [0.05, 0.1) is 23.4 Å². The summed E-state index contributed by atoms with van der Waals surface area (Å²) in [5.74, 6) is 0.159. The molecule has 0 bridgehead atoms. The van der Waals surface area contributed by atoms with Gasteiger partial charge < -0.3 is 19.5 Å². The zero-order valence-corrected chi connectivity index (χ0v) is 17.9. The van der Waals surface area contributed by atoms with E-state index in [-0.39, 0.29) is 5.02 Å². The Hall–Kier alpha value is -2.91. The van der Waals surface area contributed by atoms with Crippen molar-refractivity contribution in [3.8, 4) is 11.1 Å². The number of halogens is 2. The molecule has 166 valence electrons. The molecule has 7 nitrogen and oxygen atoms in total. The second kappa shape index (κ2) is 8.22. The highest BCUT2D eigenvalue weighted by Gasteiger charge is 2.42. The minimum absolute atomic E-state index is 0.0285. The molecule has 4 atom stereocenters. The predicted molar refractivity (Wildman–Crippen MR) is 120 cm³/mol. The molecule has 0 amide bonds. The first-order valence-corrected chi connectivity index (χ1v) is 10.6. The van der Waals surface area contributed by atoms with E-state index < -0.39 is 30.4 Å². The molecular formula is C23H22ClFN4O3. The zero-order valence-electron chi connectivity index (χ0n) is 17.2. The highest BCUT2D eigenvalue weighted by Crippen LogP contribution is 2.41. The van der Waals surface area contributed by atoms with Gasteiger partial charge in [0.25, 0.3) is 0 Å². The third-order valence-electron chi connectivity index (χ3n) is 5.78. The van der Waals surface area contributed by atoms with Gasteiger partial charge >= 0.3 is 0 Å². The van der Waals surface area contributed by atoms with Gasteiger partial charge in [-0.15, -0.1) is 0 Å². The van der Waals surface area contributed by atoms with Gasteiger partial charge in [0.1, 0.15) is 30.2 Å². The maximum absolute atomic E-state index is 13.5. The maximum Gasteiger partial charge on any atom is 0.164 e. The molecule has 1 fully saturated rings. The number of aliphatic hydroxyl groups excluding tert-OH is 2. The second-order valence-corrected chi connectivity index (χ2v) is 8.35. The summed E-state index contributed by atoms with van der Waals surface area (Å²) in [6.07, 6.45) is 0.214. The molecular weight excluding hydrogens is 435 g/mol. The highest BCUT2D eigenvalue weighted by molar-refractivity contribution is 6.31. The lowest BCUT2D eigenvalue weighted by Gasteiger charge is -2.26. The van der Waals surface area contributed by atoms with E-state index in [9.17, 15) is 14.6 Å². The van der Waals surface area contributed by atoms with Crippen LogP contribution in [0.4, 0.5) is 15.9 Å². The number of aliphatic imine (C=N–C) groups is 1. The standard InChI is InChI=1S/C23H22ClFN4O3/c1-13-20(30)21(31)23(32-13)29-11-16(14-5-3-2-4-6-14)17-10-28(12-26-22(17)29)27-15-7-8-19(25)18(24)9-15/h2-9,11-13,20-21,23,27,30-31H,10H2,1H3/t13-,20-,21-,23-/m1/s1. The first-order valence-electron chi connectivity index (χ1n) is 10.3. The number of fused-ring (bicyclic) bond motifs is 1. The molecule has 2 aromatic carbocycles. The summed E-state index contributed by atoms with van der Waals surface area (Å²) in [4.78, 5) is 4.61. The zero-order chi connectivity index (χ0) is 22.4. The lowest BCUT2D eigenvalue weighted by molar-refractivity contribution is -0.0308. The Morgan fingerprint density at radius 3 is 2.62 bits per heavy atom. The molecule has 9 heteroatoms. The number of hydrogen-bond donors (Lipinski definition) is 3. The Labute approximate surface area is 189 Å². The van der Waals surface area contributed by atoms with Crippen molar-refractivity contribution in [2.24, 2.45) is 4.99 Å². The third kappa shape index (κ3) is 3.65. The largest absolute Gasteiger partial charge is 0.388 e. The summed E-state index contributed by atoms with van der Waals surface area (Å²) in [6.45, 7) is 2.18. The molecule has 3 aromatic rings. The predicted octanol–water partition coefficient (Wildman–Crippen LogP) is 4.09. The normalized spacial score (nSPS) is 24.6. The van der Waals surface area contributed by atoms with Gasteiger partial charge in [0.15, 0.2) is 6.23 Å². The van der Waals surface area contributed by atoms with Crippen molar-refractivity contribution >= 4 is 29.4 Å². The molecule has 0 saturated carbocycles. The fraction of sp³-hybridized carbons (Fsp3) is 0.261. The van der Waals surface area contributed by atoms with E-state index in [1.165, 1.54) is 12.1 Å². The van der Waals surface area contributed by atoms with Crippen LogP contribution in [0.25, 0.3) is 11.1 Å². The van der Waals surface area contributed by atoms with Crippen LogP contribution in [0.3, 0.4) is 0 Å². The smallest absolute Gasteiger partial charge is 0.164 e. The molecule has 2 aliphatic rings. The van der Waals surface area contributed by atoms with Crippen LogP contribution < -0.4 is 5.43 Å². The SMILES string of the molecule is C[C@H]1O[C@@H](n2cc(-c3ccccc3)c3c2N=CN(Nc2ccc(F)c(Cl)c2)C3)[C@H](O)[C@@H]1O. The van der Waals surface area contributed by atoms with Gasteiger partial charge in [-0.1, -0.05) is 41.9 Å². The van der Waals surface area contributed by atoms with Crippen LogP contribution in [0.2, 0.25) is 5.02 Å². The Bertz CT molecular complexity index is 1170. The Morgan fingerprint density at radius 2 is 1.94 bits per heavy atom. The van der Waals surface area contributed by atoms with Crippen molar-refractivity contribution in [1.82, 2.24) is 9.58 Å². The van der Waals surface area contributed by atoms with Crippen LogP contribution >= 0.6 is 11.6 Å². The van der Waals surface area contributed by atoms with Crippen LogP contribution in [-0.2, 0) is 11.3 Å². The average molecular weight is 457 g/mol. The number of nitrogens with one attached hydrogen (secondary N) is 1. The lowest BCUT2D eigenvalue weighted by atomic mass is 10.0. The van der Waals surface area contributed by atoms with E-state index in [2.05, 4.69) is 10.4 Å². The van der Waals surface area contributed by atoms with Crippen molar-refractivity contribution in [2.75, 3.05) is 5.43 Å². The van der Waals surface area contributed by atoms with Gasteiger partial charge in [-0.25, -0.2) is 9.38 Å². The van der Waals surface area contributed by atoms with Crippen molar-refractivity contribution in [3.63, 3.8) is 0 Å². The number of hydrazine groups is 1. The van der Waals surface area contributed by atoms with E-state index in [1.54, 1.807) is 28.9 Å². The van der Waals surface area contributed by atoms with E-state index in [0.717, 1.165) is 16.7 Å². The Kier molecular flexibility index (Phi) is 5.38. The van der Waals surface area contributed by atoms with Gasteiger partial charge in [-0.05, 0) is 30.7 Å². The number of nitrogens with zero attached hydrogens (tertiary/aromatic N) is 3. The fourth-order valence-corrected chi connectivity index (χ4v) is 4.29. The highest BCUT2D eigenvalue weighted by atomic mass is 35.5. The summed E-state index contributed by atoms with van der Waals surface area (Å²) < 4.78 is 21.1. The molecule has 0 radical (unpaired) electrons. The van der Waals surface area contributed by atoms with Crippen molar-refractivity contribution in [2.45, 2.75) is 38.0 Å². The fourth-order valence-electron chi connectivity index (χ4n) is 4.11. The molecule has 3 heterocycles. The number of aromatic nitrogens is 1. The summed E-state index contributed by atoms with van der Waals surface area (Å²) in [6, 6.07) is 14.3. The minimum Gasteiger partial charge on any atom is -0.388 e. The molecule has 1 saturated heterocycles. The molecule has 0 unspecified atom stereocenters. The van der Waals surface area contributed by atoms with Crippen LogP contribution in [0.1, 0.15) is 18.7 Å². The molecule has 0 aliphatic carbocycles. The number of anilines is 1. The lowest BCUT2D eigenvalue weighted by Crippen LogP contribution is -2.31. The second-order valence-electron chi connectivity index (χ2n) is 7.94. The average Bonchev–Trinajstić information content (AvgIpc) is 3.29. The molecule has 5 rings (SSSR count). The number of benzene rings is 2. The van der Waals surface area contributed by atoms with Crippen LogP contribution in [0.5, 0.6) is 0 Å². The van der Waals surface area contributed by atoms with Crippen molar-refractivity contribution in [1.29, 1.82) is 0 Å². The van der Waals surface area contributed by atoms with Gasteiger partial charge in [-0.2, -0.15) is 0 Å². The quantitative estimate of drug-likeness (QED) is 0.551. The number of ether oxygens (including phenoxy) is 1. The minimum atomic E-state index is -1.07. The third-order valence-corrected chi connectivity index (χ3v) is 6.07. The van der Waals surface area contributed by atoms with Crippen LogP contribution in [0, 0.1) is 5.82 Å². The number of rotatable bonds is 4. The van der Waals surface area contributed by atoms with Gasteiger partial charge in [0.2, 0.25) is 0 Å². The van der Waals surface area contributed by atoms with Gasteiger partial charge in [0, 0.05) is 17.3 Å². The Morgan fingerprint density at radius 1 is 1.16 bits per heavy atom. The molecule has 0 spiro atoms. The molecule has 2 aliphatic heterocycles. The van der Waals surface area contributed by atoms with E-state index in [4.69, 9.17) is 16.3 Å². The maximum atomic E-state index is 13.5. The first-order chi connectivity index (χ1) is 15.4. The summed E-state index contributed by atoms with van der Waals surface area (Å²) >= 11 is 5.90. The van der Waals surface area contributed by atoms with E-state index >= 15 is 0 Å². The topological polar surface area (TPSA) is 82.2 Å². The molecule has 1 aromatic heterocycles. The summed E-state index contributed by atoms with van der Waals surface area (Å²) in [7, 11) is 0. The monoisotopic (exact) mass is 456 g/mol. The van der Waals surface area contributed by atoms with Crippen LogP contribution in [0.15, 0.2) is 59.7 Å². The van der Waals surface area contributed by atoms with Crippen LogP contribution in [-0.4, -0.2) is 44.4 Å². The Balaban J connectivity index is 1.51. The summed E-state index contributed by atoms with van der Waals surface area (Å²) in [5, 5.41) is 22.5. The summed E-state index contributed by atoms with van der Waals surface area (Å²) in [5.41, 5.74) is 6.64. The van der Waals surface area contributed by atoms with Crippen molar-refractivity contribution in [3.05, 3.63) is 71.1 Å². The van der Waals surface area contributed by atoms with Crippen molar-refractivity contribution < 1.29 is 19.3 Å². The van der Waals surface area contributed by atoms with E-state index in [0.29, 0.717) is 18.1 Å². The first kappa shape index (κ1) is 21.0. The van der Waals surface area contributed by atoms with Gasteiger partial charge in [-0.3, -0.25) is 10.4 Å². The van der Waals surface area contributed by atoms with E-state index in [1.807, 2.05) is 36.5 Å². The number of aliphatic hydroxyl groups is 2. The molecule has 32 heavy (non-hydrogen) atoms.